The van der Waals surface area contributed by atoms with E-state index in [4.69, 9.17) is 9.47 Å². The number of carbonyl (C=O) groups excluding carboxylic acids is 1. The zero-order chi connectivity index (χ0) is 21.5. The Morgan fingerprint density at radius 3 is 2.48 bits per heavy atom. The Kier molecular flexibility index (Phi) is 6.84. The topological polar surface area (TPSA) is 53.4 Å². The normalized spacial score (nSPS) is 10.9. The summed E-state index contributed by atoms with van der Waals surface area (Å²) in [5.41, 5.74) is 2.75. The number of nitrogens with zero attached hydrogens (tertiary/aromatic N) is 2. The van der Waals surface area contributed by atoms with Crippen molar-refractivity contribution in [3.05, 3.63) is 90.2 Å². The maximum absolute atomic E-state index is 13.2. The molecular weight excluding hydrogens is 415 g/mol. The molecule has 1 heterocycles. The van der Waals surface area contributed by atoms with E-state index in [1.54, 1.807) is 12.1 Å². The molecule has 4 rings (SSSR count). The van der Waals surface area contributed by atoms with Crippen LogP contribution in [0.2, 0.25) is 0 Å². The summed E-state index contributed by atoms with van der Waals surface area (Å²) in [7, 11) is 0. The highest BCUT2D eigenvalue weighted by Gasteiger charge is 2.14. The van der Waals surface area contributed by atoms with Crippen LogP contribution in [0.3, 0.4) is 0 Å². The number of aromatic nitrogens is 2. The van der Waals surface area contributed by atoms with Crippen molar-refractivity contribution in [2.45, 2.75) is 11.7 Å². The molecule has 1 aromatic heterocycles. The molecule has 0 unspecified atom stereocenters. The molecule has 5 nitrogen and oxygen atoms in total. The van der Waals surface area contributed by atoms with Crippen molar-refractivity contribution in [3.63, 3.8) is 0 Å². The molecule has 0 radical (unpaired) electrons. The van der Waals surface area contributed by atoms with Crippen LogP contribution in [-0.2, 0) is 16.1 Å². The van der Waals surface area contributed by atoms with Gasteiger partial charge in [-0.25, -0.2) is 9.37 Å². The number of thioether (sulfide) groups is 1. The number of para-hydroxylation sites is 3. The molecule has 158 valence electrons. The molecule has 3 aromatic carbocycles. The van der Waals surface area contributed by atoms with E-state index < -0.39 is 0 Å². The first kappa shape index (κ1) is 20.9. The molecule has 0 bridgehead atoms. The van der Waals surface area contributed by atoms with E-state index in [0.29, 0.717) is 18.3 Å². The summed E-state index contributed by atoms with van der Waals surface area (Å²) in [6.07, 6.45) is 0. The molecule has 7 heteroatoms. The lowest BCUT2D eigenvalue weighted by Gasteiger charge is -2.10. The summed E-state index contributed by atoms with van der Waals surface area (Å²) in [6, 6.07) is 23.5. The van der Waals surface area contributed by atoms with Gasteiger partial charge in [-0.05, 0) is 42.0 Å². The van der Waals surface area contributed by atoms with Crippen LogP contribution in [0.5, 0.6) is 5.75 Å². The quantitative estimate of drug-likeness (QED) is 0.211. The molecule has 0 aliphatic heterocycles. The number of imidazole rings is 1. The Labute approximate surface area is 183 Å². The smallest absolute Gasteiger partial charge is 0.316 e. The molecule has 4 aromatic rings. The lowest BCUT2D eigenvalue weighted by molar-refractivity contribution is -0.141. The number of carbonyl (C=O) groups is 1. The highest BCUT2D eigenvalue weighted by Crippen LogP contribution is 2.25. The molecule has 0 amide bonds. The Bertz CT molecular complexity index is 1150. The fourth-order valence-corrected chi connectivity index (χ4v) is 3.90. The number of halogens is 1. The Balaban J connectivity index is 1.36. The first-order valence-corrected chi connectivity index (χ1v) is 10.8. The van der Waals surface area contributed by atoms with E-state index in [0.717, 1.165) is 22.3 Å². The van der Waals surface area contributed by atoms with Gasteiger partial charge in [0, 0.05) is 0 Å². The van der Waals surface area contributed by atoms with Gasteiger partial charge >= 0.3 is 5.97 Å². The van der Waals surface area contributed by atoms with Crippen molar-refractivity contribution in [3.8, 4) is 5.75 Å². The largest absolute Gasteiger partial charge is 0.490 e. The minimum atomic E-state index is -0.331. The maximum Gasteiger partial charge on any atom is 0.316 e. The van der Waals surface area contributed by atoms with Crippen molar-refractivity contribution in [1.82, 2.24) is 9.55 Å². The van der Waals surface area contributed by atoms with Gasteiger partial charge in [0.15, 0.2) is 5.16 Å². The number of rotatable bonds is 9. The summed E-state index contributed by atoms with van der Waals surface area (Å²) in [5.74, 6) is 0.273. The Morgan fingerprint density at radius 1 is 0.935 bits per heavy atom. The second kappa shape index (κ2) is 10.1. The zero-order valence-corrected chi connectivity index (χ0v) is 17.6. The Morgan fingerprint density at radius 2 is 1.68 bits per heavy atom. The fourth-order valence-electron chi connectivity index (χ4n) is 3.09. The minimum absolute atomic E-state index is 0.137. The summed E-state index contributed by atoms with van der Waals surface area (Å²) in [4.78, 5) is 16.8. The van der Waals surface area contributed by atoms with Gasteiger partial charge in [-0.2, -0.15) is 0 Å². The molecule has 0 aliphatic carbocycles. The maximum atomic E-state index is 13.2. The lowest BCUT2D eigenvalue weighted by atomic mass is 10.2. The monoisotopic (exact) mass is 436 g/mol. The minimum Gasteiger partial charge on any atom is -0.490 e. The number of hydrogen-bond donors (Lipinski definition) is 0. The second-order valence-electron chi connectivity index (χ2n) is 6.77. The first-order valence-electron chi connectivity index (χ1n) is 9.85. The van der Waals surface area contributed by atoms with Gasteiger partial charge in [0.05, 0.1) is 23.3 Å². The summed E-state index contributed by atoms with van der Waals surface area (Å²) < 4.78 is 26.1. The number of esters is 1. The van der Waals surface area contributed by atoms with Crippen LogP contribution in [-0.4, -0.2) is 34.5 Å². The van der Waals surface area contributed by atoms with Crippen LogP contribution >= 0.6 is 11.8 Å². The molecule has 0 N–H and O–H groups in total. The SMILES string of the molecule is O=C(CSc1nc2ccccc2n1Cc1ccc(F)cc1)OCCOc1ccccc1. The van der Waals surface area contributed by atoms with Gasteiger partial charge < -0.3 is 14.0 Å². The molecule has 0 fully saturated rings. The summed E-state index contributed by atoms with van der Waals surface area (Å²) in [5, 5.41) is 0.711. The average molecular weight is 437 g/mol. The van der Waals surface area contributed by atoms with E-state index in [2.05, 4.69) is 4.98 Å². The molecule has 0 aliphatic rings. The third-order valence-electron chi connectivity index (χ3n) is 4.55. The van der Waals surface area contributed by atoms with Crippen molar-refractivity contribution in [1.29, 1.82) is 0 Å². The zero-order valence-electron chi connectivity index (χ0n) is 16.7. The summed E-state index contributed by atoms with van der Waals surface area (Å²) >= 11 is 1.32. The average Bonchev–Trinajstić information content (AvgIpc) is 3.15. The number of fused-ring (bicyclic) bond motifs is 1. The van der Waals surface area contributed by atoms with Gasteiger partial charge in [0.1, 0.15) is 24.8 Å². The molecule has 0 spiro atoms. The summed E-state index contributed by atoms with van der Waals surface area (Å²) in [6.45, 7) is 1.01. The van der Waals surface area contributed by atoms with E-state index in [1.165, 1.54) is 23.9 Å². The number of ether oxygens (including phenoxy) is 2. The third kappa shape index (κ3) is 5.64. The van der Waals surface area contributed by atoms with Crippen molar-refractivity contribution < 1.29 is 18.7 Å². The van der Waals surface area contributed by atoms with Crippen molar-refractivity contribution in [2.75, 3.05) is 19.0 Å². The third-order valence-corrected chi connectivity index (χ3v) is 5.50. The van der Waals surface area contributed by atoms with E-state index in [-0.39, 0.29) is 24.1 Å². The van der Waals surface area contributed by atoms with E-state index in [9.17, 15) is 9.18 Å². The van der Waals surface area contributed by atoms with Gasteiger partial charge in [0.2, 0.25) is 0 Å². The van der Waals surface area contributed by atoms with Crippen LogP contribution in [0.4, 0.5) is 4.39 Å². The second-order valence-corrected chi connectivity index (χ2v) is 7.71. The highest BCUT2D eigenvalue weighted by atomic mass is 32.2. The predicted molar refractivity (Wildman–Crippen MR) is 119 cm³/mol. The fraction of sp³-hybridized carbons (Fsp3) is 0.167. The molecule has 0 saturated carbocycles. The van der Waals surface area contributed by atoms with Crippen LogP contribution < -0.4 is 4.74 Å². The van der Waals surface area contributed by atoms with E-state index >= 15 is 0 Å². The molecule has 0 atom stereocenters. The number of benzene rings is 3. The standard InChI is InChI=1S/C24H21FN2O3S/c25-19-12-10-18(11-13-19)16-27-22-9-5-4-8-21(22)26-24(27)31-17-23(28)30-15-14-29-20-6-2-1-3-7-20/h1-13H,14-17H2. The van der Waals surface area contributed by atoms with Gasteiger partial charge in [-0.15, -0.1) is 0 Å². The van der Waals surface area contributed by atoms with Crippen LogP contribution in [0.25, 0.3) is 11.0 Å². The van der Waals surface area contributed by atoms with Crippen LogP contribution in [0.15, 0.2) is 84.0 Å². The number of hydrogen-bond acceptors (Lipinski definition) is 5. The molecule has 0 saturated heterocycles. The predicted octanol–water partition coefficient (Wildman–Crippen LogP) is 4.94. The van der Waals surface area contributed by atoms with Crippen molar-refractivity contribution in [2.24, 2.45) is 0 Å². The van der Waals surface area contributed by atoms with Gasteiger partial charge in [-0.3, -0.25) is 4.79 Å². The van der Waals surface area contributed by atoms with Crippen molar-refractivity contribution >= 4 is 28.8 Å². The molecular formula is C24H21FN2O3S. The van der Waals surface area contributed by atoms with E-state index in [1.807, 2.05) is 59.2 Å². The Hall–Kier alpha value is -3.32. The van der Waals surface area contributed by atoms with Crippen LogP contribution in [0, 0.1) is 5.82 Å². The lowest BCUT2D eigenvalue weighted by Crippen LogP contribution is -2.14. The van der Waals surface area contributed by atoms with Gasteiger partial charge in [-0.1, -0.05) is 54.2 Å². The first-order chi connectivity index (χ1) is 15.2. The molecule has 31 heavy (non-hydrogen) atoms. The van der Waals surface area contributed by atoms with Gasteiger partial charge in [0.25, 0.3) is 0 Å². The van der Waals surface area contributed by atoms with Crippen LogP contribution in [0.1, 0.15) is 5.56 Å². The highest BCUT2D eigenvalue weighted by molar-refractivity contribution is 7.99.